The number of hydrogen-bond acceptors (Lipinski definition) is 2. The number of piperazine rings is 1. The maximum atomic E-state index is 2.57. The second-order valence-corrected chi connectivity index (χ2v) is 4.88. The minimum atomic E-state index is 1.19. The Kier molecular flexibility index (Phi) is 3.97. The van der Waals surface area contributed by atoms with Crippen molar-refractivity contribution in [3.63, 3.8) is 0 Å². The van der Waals surface area contributed by atoms with Crippen LogP contribution in [-0.4, -0.2) is 49.6 Å². The third-order valence-corrected chi connectivity index (χ3v) is 3.40. The first kappa shape index (κ1) is 11.6. The fraction of sp³-hybridized carbons (Fsp3) is 0.571. The highest BCUT2D eigenvalue weighted by molar-refractivity contribution is 5.22. The molecule has 0 bridgehead atoms. The maximum absolute atomic E-state index is 2.57. The molecule has 1 aliphatic heterocycles. The van der Waals surface area contributed by atoms with Crippen LogP contribution in [0.3, 0.4) is 0 Å². The van der Waals surface area contributed by atoms with E-state index in [9.17, 15) is 0 Å². The molecule has 0 aliphatic carbocycles. The van der Waals surface area contributed by atoms with Crippen LogP contribution in [0.25, 0.3) is 0 Å². The van der Waals surface area contributed by atoms with Gasteiger partial charge in [0.25, 0.3) is 0 Å². The SMILES string of the molecule is Cc1cccc(CCN2CCN(C)CC2)c1. The van der Waals surface area contributed by atoms with Crippen LogP contribution in [0.15, 0.2) is 24.3 Å². The Morgan fingerprint density at radius 1 is 1.12 bits per heavy atom. The monoisotopic (exact) mass is 218 g/mol. The van der Waals surface area contributed by atoms with Crippen molar-refractivity contribution in [2.75, 3.05) is 39.8 Å². The lowest BCUT2D eigenvalue weighted by atomic mass is 10.1. The Morgan fingerprint density at radius 3 is 2.56 bits per heavy atom. The summed E-state index contributed by atoms with van der Waals surface area (Å²) in [5, 5.41) is 0. The average molecular weight is 218 g/mol. The molecule has 16 heavy (non-hydrogen) atoms. The van der Waals surface area contributed by atoms with Crippen LogP contribution in [0.4, 0.5) is 0 Å². The minimum absolute atomic E-state index is 1.19. The van der Waals surface area contributed by atoms with E-state index in [0.29, 0.717) is 0 Å². The van der Waals surface area contributed by atoms with E-state index in [1.165, 1.54) is 50.3 Å². The summed E-state index contributed by atoms with van der Waals surface area (Å²) >= 11 is 0. The van der Waals surface area contributed by atoms with Crippen LogP contribution in [0.1, 0.15) is 11.1 Å². The zero-order valence-electron chi connectivity index (χ0n) is 10.4. The number of hydrogen-bond donors (Lipinski definition) is 0. The first-order valence-corrected chi connectivity index (χ1v) is 6.20. The summed E-state index contributed by atoms with van der Waals surface area (Å²) < 4.78 is 0. The third kappa shape index (κ3) is 3.32. The van der Waals surface area contributed by atoms with Gasteiger partial charge < -0.3 is 9.80 Å². The Balaban J connectivity index is 1.79. The fourth-order valence-electron chi connectivity index (χ4n) is 2.23. The summed E-state index contributed by atoms with van der Waals surface area (Å²) in [7, 11) is 2.21. The summed E-state index contributed by atoms with van der Waals surface area (Å²) in [4.78, 5) is 4.98. The fourth-order valence-corrected chi connectivity index (χ4v) is 2.23. The van der Waals surface area contributed by atoms with Gasteiger partial charge in [0.05, 0.1) is 0 Å². The van der Waals surface area contributed by atoms with Crippen molar-refractivity contribution in [2.24, 2.45) is 0 Å². The topological polar surface area (TPSA) is 6.48 Å². The molecule has 88 valence electrons. The lowest BCUT2D eigenvalue weighted by Gasteiger charge is -2.32. The number of likely N-dealkylation sites (N-methyl/N-ethyl adjacent to an activating group) is 1. The predicted molar refractivity (Wildman–Crippen MR) is 68.8 cm³/mol. The van der Waals surface area contributed by atoms with Gasteiger partial charge in [0.1, 0.15) is 0 Å². The Hall–Kier alpha value is -0.860. The highest BCUT2D eigenvalue weighted by Gasteiger charge is 2.12. The number of aryl methyl sites for hydroxylation is 1. The van der Waals surface area contributed by atoms with Gasteiger partial charge in [0, 0.05) is 32.7 Å². The van der Waals surface area contributed by atoms with E-state index in [4.69, 9.17) is 0 Å². The number of rotatable bonds is 3. The zero-order valence-corrected chi connectivity index (χ0v) is 10.4. The highest BCUT2D eigenvalue weighted by atomic mass is 15.2. The molecule has 1 aliphatic rings. The minimum Gasteiger partial charge on any atom is -0.304 e. The molecule has 0 saturated carbocycles. The summed E-state index contributed by atoms with van der Waals surface area (Å²) in [6, 6.07) is 8.87. The quantitative estimate of drug-likeness (QED) is 0.763. The van der Waals surface area contributed by atoms with E-state index in [0.717, 1.165) is 0 Å². The van der Waals surface area contributed by atoms with Crippen molar-refractivity contribution in [3.05, 3.63) is 35.4 Å². The molecule has 0 spiro atoms. The Bertz CT molecular complexity index is 327. The van der Waals surface area contributed by atoms with Crippen molar-refractivity contribution in [2.45, 2.75) is 13.3 Å². The molecule has 0 radical (unpaired) electrons. The molecule has 0 unspecified atom stereocenters. The number of benzene rings is 1. The van der Waals surface area contributed by atoms with Gasteiger partial charge in [-0.15, -0.1) is 0 Å². The van der Waals surface area contributed by atoms with Gasteiger partial charge in [-0.25, -0.2) is 0 Å². The highest BCUT2D eigenvalue weighted by Crippen LogP contribution is 2.07. The molecule has 0 N–H and O–H groups in total. The molecular formula is C14H22N2. The maximum Gasteiger partial charge on any atom is 0.0110 e. The molecule has 0 amide bonds. The van der Waals surface area contributed by atoms with Crippen LogP contribution >= 0.6 is 0 Å². The van der Waals surface area contributed by atoms with Gasteiger partial charge >= 0.3 is 0 Å². The Labute approximate surface area is 98.9 Å². The molecule has 1 fully saturated rings. The van der Waals surface area contributed by atoms with E-state index < -0.39 is 0 Å². The van der Waals surface area contributed by atoms with Crippen LogP contribution < -0.4 is 0 Å². The van der Waals surface area contributed by atoms with Crippen molar-refractivity contribution >= 4 is 0 Å². The molecule has 0 atom stereocenters. The van der Waals surface area contributed by atoms with Crippen LogP contribution in [-0.2, 0) is 6.42 Å². The molecular weight excluding hydrogens is 196 g/mol. The first-order chi connectivity index (χ1) is 7.74. The first-order valence-electron chi connectivity index (χ1n) is 6.20. The second-order valence-electron chi connectivity index (χ2n) is 4.88. The Morgan fingerprint density at radius 2 is 1.88 bits per heavy atom. The largest absolute Gasteiger partial charge is 0.304 e. The van der Waals surface area contributed by atoms with E-state index in [2.05, 4.69) is 48.0 Å². The molecule has 0 aromatic heterocycles. The van der Waals surface area contributed by atoms with Crippen LogP contribution in [0.5, 0.6) is 0 Å². The third-order valence-electron chi connectivity index (χ3n) is 3.40. The van der Waals surface area contributed by atoms with Gasteiger partial charge in [0.15, 0.2) is 0 Å². The lowest BCUT2D eigenvalue weighted by molar-refractivity contribution is 0.155. The zero-order chi connectivity index (χ0) is 11.4. The van der Waals surface area contributed by atoms with Gasteiger partial charge in [-0.1, -0.05) is 29.8 Å². The summed E-state index contributed by atoms with van der Waals surface area (Å²) in [5.74, 6) is 0. The van der Waals surface area contributed by atoms with Crippen LogP contribution in [0, 0.1) is 6.92 Å². The van der Waals surface area contributed by atoms with Gasteiger partial charge in [0.2, 0.25) is 0 Å². The van der Waals surface area contributed by atoms with E-state index in [-0.39, 0.29) is 0 Å². The predicted octanol–water partition coefficient (Wildman–Crippen LogP) is 1.78. The molecule has 2 nitrogen and oxygen atoms in total. The standard InChI is InChI=1S/C14H22N2/c1-13-4-3-5-14(12-13)6-7-16-10-8-15(2)9-11-16/h3-5,12H,6-11H2,1-2H3. The second kappa shape index (κ2) is 5.46. The van der Waals surface area contributed by atoms with E-state index in [1.54, 1.807) is 0 Å². The lowest BCUT2D eigenvalue weighted by Crippen LogP contribution is -2.45. The summed E-state index contributed by atoms with van der Waals surface area (Å²) in [6.07, 6.45) is 1.19. The van der Waals surface area contributed by atoms with Crippen molar-refractivity contribution in [3.8, 4) is 0 Å². The molecule has 1 aromatic rings. The van der Waals surface area contributed by atoms with E-state index >= 15 is 0 Å². The average Bonchev–Trinajstić information content (AvgIpc) is 2.28. The molecule has 2 heteroatoms. The molecule has 1 aromatic carbocycles. The van der Waals surface area contributed by atoms with Gasteiger partial charge in [-0.2, -0.15) is 0 Å². The number of nitrogens with zero attached hydrogens (tertiary/aromatic N) is 2. The van der Waals surface area contributed by atoms with Crippen molar-refractivity contribution in [1.82, 2.24) is 9.80 Å². The smallest absolute Gasteiger partial charge is 0.0110 e. The van der Waals surface area contributed by atoms with Gasteiger partial charge in [-0.05, 0) is 26.0 Å². The van der Waals surface area contributed by atoms with E-state index in [1.807, 2.05) is 0 Å². The van der Waals surface area contributed by atoms with Crippen molar-refractivity contribution in [1.29, 1.82) is 0 Å². The molecule has 1 heterocycles. The van der Waals surface area contributed by atoms with Crippen molar-refractivity contribution < 1.29 is 0 Å². The summed E-state index contributed by atoms with van der Waals surface area (Å²) in [5.41, 5.74) is 2.84. The molecule has 2 rings (SSSR count). The normalized spacial score (nSPS) is 18.9. The molecule has 1 saturated heterocycles. The summed E-state index contributed by atoms with van der Waals surface area (Å²) in [6.45, 7) is 8.25. The van der Waals surface area contributed by atoms with Crippen LogP contribution in [0.2, 0.25) is 0 Å². The van der Waals surface area contributed by atoms with Gasteiger partial charge in [-0.3, -0.25) is 0 Å².